The summed E-state index contributed by atoms with van der Waals surface area (Å²) in [4.78, 5) is 16.5. The summed E-state index contributed by atoms with van der Waals surface area (Å²) < 4.78 is 15.6. The summed E-state index contributed by atoms with van der Waals surface area (Å²) in [5.74, 6) is 1.38. The summed E-state index contributed by atoms with van der Waals surface area (Å²) in [6, 6.07) is 15.4. The molecule has 3 rings (SSSR count). The van der Waals surface area contributed by atoms with Crippen molar-refractivity contribution < 1.29 is 19.0 Å². The Morgan fingerprint density at radius 3 is 2.22 bits per heavy atom. The number of carbonyl (C=O) groups is 1. The van der Waals surface area contributed by atoms with Crippen LogP contribution >= 0.6 is 11.3 Å². The average molecular weight is 383 g/mol. The molecule has 0 aliphatic rings. The van der Waals surface area contributed by atoms with Crippen LogP contribution in [0.3, 0.4) is 0 Å². The van der Waals surface area contributed by atoms with Gasteiger partial charge in [0.05, 0.1) is 19.9 Å². The largest absolute Gasteiger partial charge is 0.497 e. The van der Waals surface area contributed by atoms with Gasteiger partial charge in [-0.25, -0.2) is 4.98 Å². The van der Waals surface area contributed by atoms with Gasteiger partial charge < -0.3 is 14.2 Å². The minimum atomic E-state index is -0.232. The number of carbonyl (C=O) groups excluding carboxylic acids is 1. The van der Waals surface area contributed by atoms with Crippen LogP contribution in [-0.2, 0) is 22.6 Å². The van der Waals surface area contributed by atoms with Gasteiger partial charge in [-0.1, -0.05) is 12.1 Å². The Morgan fingerprint density at radius 1 is 0.963 bits per heavy atom. The van der Waals surface area contributed by atoms with Crippen molar-refractivity contribution in [2.45, 2.75) is 19.4 Å². The van der Waals surface area contributed by atoms with Crippen molar-refractivity contribution in [1.82, 2.24) is 4.98 Å². The van der Waals surface area contributed by atoms with E-state index in [1.54, 1.807) is 14.2 Å². The van der Waals surface area contributed by atoms with Crippen LogP contribution in [0.1, 0.15) is 17.7 Å². The molecule has 0 aliphatic heterocycles. The zero-order valence-corrected chi connectivity index (χ0v) is 16.1. The molecule has 0 radical (unpaired) electrons. The third-order valence-electron chi connectivity index (χ3n) is 4.05. The third kappa shape index (κ3) is 5.31. The van der Waals surface area contributed by atoms with Crippen LogP contribution in [0.2, 0.25) is 0 Å². The average Bonchev–Trinajstić information content (AvgIpc) is 3.20. The number of ether oxygens (including phenoxy) is 3. The monoisotopic (exact) mass is 383 g/mol. The van der Waals surface area contributed by atoms with Crippen molar-refractivity contribution in [1.29, 1.82) is 0 Å². The molecule has 2 aromatic carbocycles. The Morgan fingerprint density at radius 2 is 1.59 bits per heavy atom. The molecule has 0 amide bonds. The molecule has 0 unspecified atom stereocenters. The lowest BCUT2D eigenvalue weighted by atomic mass is 10.1. The molecule has 0 saturated carbocycles. The van der Waals surface area contributed by atoms with Crippen LogP contribution in [0.5, 0.6) is 11.5 Å². The van der Waals surface area contributed by atoms with E-state index in [1.807, 2.05) is 53.9 Å². The first-order valence-corrected chi connectivity index (χ1v) is 9.43. The Bertz CT molecular complexity index is 872. The highest BCUT2D eigenvalue weighted by Gasteiger charge is 2.09. The highest BCUT2D eigenvalue weighted by atomic mass is 32.1. The van der Waals surface area contributed by atoms with Crippen LogP contribution in [0.25, 0.3) is 10.6 Å². The second-order valence-corrected chi connectivity index (χ2v) is 6.74. The normalized spacial score (nSPS) is 10.4. The number of benzene rings is 2. The van der Waals surface area contributed by atoms with Gasteiger partial charge in [-0.05, 0) is 48.4 Å². The molecule has 0 fully saturated rings. The van der Waals surface area contributed by atoms with Gasteiger partial charge in [-0.3, -0.25) is 4.79 Å². The molecule has 27 heavy (non-hydrogen) atoms. The standard InChI is InChI=1S/C21H21NO4S/c1-24-18-8-3-15(4-9-18)5-12-20(23)26-13-17-14-27-21(22-17)16-6-10-19(25-2)11-7-16/h3-4,6-11,14H,5,12-13H2,1-2H3. The number of thiazole rings is 1. The lowest BCUT2D eigenvalue weighted by Crippen LogP contribution is -2.06. The summed E-state index contributed by atoms with van der Waals surface area (Å²) in [7, 11) is 3.27. The smallest absolute Gasteiger partial charge is 0.306 e. The maximum atomic E-state index is 12.0. The Hall–Kier alpha value is -2.86. The van der Waals surface area contributed by atoms with Gasteiger partial charge in [0, 0.05) is 17.4 Å². The highest BCUT2D eigenvalue weighted by Crippen LogP contribution is 2.26. The molecule has 0 aliphatic carbocycles. The molecule has 1 aromatic heterocycles. The molecule has 0 spiro atoms. The van der Waals surface area contributed by atoms with Gasteiger partial charge in [0.25, 0.3) is 0 Å². The predicted octanol–water partition coefficient (Wildman–Crippen LogP) is 4.50. The van der Waals surface area contributed by atoms with E-state index in [0.717, 1.165) is 33.3 Å². The second-order valence-electron chi connectivity index (χ2n) is 5.88. The van der Waals surface area contributed by atoms with E-state index in [-0.39, 0.29) is 12.6 Å². The van der Waals surface area contributed by atoms with Gasteiger partial charge in [0.15, 0.2) is 0 Å². The fourth-order valence-electron chi connectivity index (χ4n) is 2.50. The summed E-state index contributed by atoms with van der Waals surface area (Å²) in [6.45, 7) is 0.189. The zero-order valence-electron chi connectivity index (χ0n) is 15.3. The van der Waals surface area contributed by atoms with Gasteiger partial charge in [-0.2, -0.15) is 0 Å². The van der Waals surface area contributed by atoms with Gasteiger partial charge in [0.2, 0.25) is 0 Å². The molecule has 6 heteroatoms. The molecule has 0 atom stereocenters. The number of methoxy groups -OCH3 is 2. The van der Waals surface area contributed by atoms with Gasteiger partial charge in [0.1, 0.15) is 23.1 Å². The van der Waals surface area contributed by atoms with E-state index in [2.05, 4.69) is 4.98 Å². The number of hydrogen-bond donors (Lipinski definition) is 0. The van der Waals surface area contributed by atoms with E-state index in [0.29, 0.717) is 12.8 Å². The van der Waals surface area contributed by atoms with Crippen LogP contribution in [0, 0.1) is 0 Å². The van der Waals surface area contributed by atoms with Crippen molar-refractivity contribution in [2.75, 3.05) is 14.2 Å². The number of hydrogen-bond acceptors (Lipinski definition) is 6. The predicted molar refractivity (Wildman–Crippen MR) is 105 cm³/mol. The maximum absolute atomic E-state index is 12.0. The molecule has 1 heterocycles. The minimum Gasteiger partial charge on any atom is -0.497 e. The number of aromatic nitrogens is 1. The van der Waals surface area contributed by atoms with Crippen LogP contribution < -0.4 is 9.47 Å². The second kappa shape index (κ2) is 9.19. The molecule has 3 aromatic rings. The Kier molecular flexibility index (Phi) is 6.44. The number of aryl methyl sites for hydroxylation is 1. The highest BCUT2D eigenvalue weighted by molar-refractivity contribution is 7.13. The molecule has 140 valence electrons. The molecule has 0 N–H and O–H groups in total. The van der Waals surface area contributed by atoms with Crippen LogP contribution in [-0.4, -0.2) is 25.2 Å². The lowest BCUT2D eigenvalue weighted by Gasteiger charge is -2.04. The Balaban J connectivity index is 1.47. The van der Waals surface area contributed by atoms with Gasteiger partial charge in [-0.15, -0.1) is 11.3 Å². The van der Waals surface area contributed by atoms with Crippen molar-refractivity contribution in [2.24, 2.45) is 0 Å². The first-order valence-electron chi connectivity index (χ1n) is 8.55. The fourth-order valence-corrected chi connectivity index (χ4v) is 3.32. The fraction of sp³-hybridized carbons (Fsp3) is 0.238. The summed E-state index contributed by atoms with van der Waals surface area (Å²) in [6.07, 6.45) is 0.971. The van der Waals surface area contributed by atoms with Crippen molar-refractivity contribution in [3.8, 4) is 22.1 Å². The quantitative estimate of drug-likeness (QED) is 0.536. The molecule has 5 nitrogen and oxygen atoms in total. The van der Waals surface area contributed by atoms with Gasteiger partial charge >= 0.3 is 5.97 Å². The first-order chi connectivity index (χ1) is 13.2. The van der Waals surface area contributed by atoms with E-state index in [4.69, 9.17) is 14.2 Å². The Labute approximate surface area is 162 Å². The van der Waals surface area contributed by atoms with E-state index in [9.17, 15) is 4.79 Å². The van der Waals surface area contributed by atoms with Crippen LogP contribution in [0.15, 0.2) is 53.9 Å². The van der Waals surface area contributed by atoms with E-state index >= 15 is 0 Å². The minimum absolute atomic E-state index is 0.189. The van der Waals surface area contributed by atoms with Crippen LogP contribution in [0.4, 0.5) is 0 Å². The summed E-state index contributed by atoms with van der Waals surface area (Å²) in [5, 5.41) is 2.80. The lowest BCUT2D eigenvalue weighted by molar-refractivity contribution is -0.145. The van der Waals surface area contributed by atoms with Crippen molar-refractivity contribution in [3.05, 3.63) is 65.2 Å². The topological polar surface area (TPSA) is 57.7 Å². The third-order valence-corrected chi connectivity index (χ3v) is 4.99. The van der Waals surface area contributed by atoms with E-state index in [1.165, 1.54) is 11.3 Å². The van der Waals surface area contributed by atoms with E-state index < -0.39 is 0 Å². The zero-order chi connectivity index (χ0) is 19.1. The maximum Gasteiger partial charge on any atom is 0.306 e. The van der Waals surface area contributed by atoms with Crippen molar-refractivity contribution >= 4 is 17.3 Å². The number of rotatable bonds is 8. The SMILES string of the molecule is COc1ccc(CCC(=O)OCc2csc(-c3ccc(OC)cc3)n2)cc1. The number of esters is 1. The molecular weight excluding hydrogens is 362 g/mol. The molecule has 0 saturated heterocycles. The summed E-state index contributed by atoms with van der Waals surface area (Å²) >= 11 is 1.53. The molecular formula is C21H21NO4S. The van der Waals surface area contributed by atoms with Crippen molar-refractivity contribution in [3.63, 3.8) is 0 Å². The first kappa shape index (κ1) is 18.9. The molecule has 0 bridgehead atoms. The summed E-state index contributed by atoms with van der Waals surface area (Å²) in [5.41, 5.74) is 2.84. The number of nitrogens with zero attached hydrogens (tertiary/aromatic N) is 1.